The van der Waals surface area contributed by atoms with Gasteiger partial charge in [0.15, 0.2) is 0 Å². The minimum atomic E-state index is -0.0244. The number of ether oxygens (including phenoxy) is 1. The minimum Gasteiger partial charge on any atom is -0.367 e. The topological polar surface area (TPSA) is 21.3 Å². The highest BCUT2D eigenvalue weighted by molar-refractivity contribution is 5.29. The second kappa shape index (κ2) is 9.91. The van der Waals surface area contributed by atoms with Crippen LogP contribution in [0.4, 0.5) is 0 Å². The summed E-state index contributed by atoms with van der Waals surface area (Å²) < 4.78 is 6.25. The van der Waals surface area contributed by atoms with Crippen molar-refractivity contribution in [3.63, 3.8) is 0 Å². The van der Waals surface area contributed by atoms with Crippen LogP contribution in [0, 0.1) is 0 Å². The summed E-state index contributed by atoms with van der Waals surface area (Å²) in [5.74, 6) is 0. The second-order valence-electron chi connectivity index (χ2n) is 6.62. The summed E-state index contributed by atoms with van der Waals surface area (Å²) >= 11 is 0. The summed E-state index contributed by atoms with van der Waals surface area (Å²) in [6.45, 7) is 3.73. The van der Waals surface area contributed by atoms with Gasteiger partial charge in [-0.05, 0) is 30.0 Å². The molecule has 0 bridgehead atoms. The standard InChI is InChI=1S/C24H27NO/c1-20(19-21-11-5-2-6-12-21)25-17-18-26-24(22-13-7-3-8-14-22)23-15-9-4-10-16-23/h2-16,20,24-25H,17-19H2,1H3. The highest BCUT2D eigenvalue weighted by Gasteiger charge is 2.14. The highest BCUT2D eigenvalue weighted by Crippen LogP contribution is 2.25. The van der Waals surface area contributed by atoms with Crippen LogP contribution >= 0.6 is 0 Å². The molecule has 0 saturated carbocycles. The zero-order valence-corrected chi connectivity index (χ0v) is 15.3. The zero-order valence-electron chi connectivity index (χ0n) is 15.3. The lowest BCUT2D eigenvalue weighted by Gasteiger charge is -2.20. The largest absolute Gasteiger partial charge is 0.367 e. The van der Waals surface area contributed by atoms with E-state index in [0.29, 0.717) is 12.6 Å². The molecule has 134 valence electrons. The summed E-state index contributed by atoms with van der Waals surface area (Å²) in [4.78, 5) is 0. The van der Waals surface area contributed by atoms with E-state index < -0.39 is 0 Å². The molecule has 0 saturated heterocycles. The van der Waals surface area contributed by atoms with Gasteiger partial charge in [0.1, 0.15) is 6.10 Å². The Bertz CT molecular complexity index is 703. The molecule has 0 aliphatic rings. The quantitative estimate of drug-likeness (QED) is 0.550. The van der Waals surface area contributed by atoms with Crippen LogP contribution in [0.3, 0.4) is 0 Å². The number of nitrogens with one attached hydrogen (secondary N) is 1. The van der Waals surface area contributed by atoms with Crippen LogP contribution in [-0.4, -0.2) is 19.2 Å². The lowest BCUT2D eigenvalue weighted by atomic mass is 10.0. The van der Waals surface area contributed by atoms with Crippen LogP contribution in [-0.2, 0) is 11.2 Å². The number of rotatable bonds is 9. The van der Waals surface area contributed by atoms with E-state index in [9.17, 15) is 0 Å². The van der Waals surface area contributed by atoms with Crippen molar-refractivity contribution in [3.05, 3.63) is 108 Å². The molecule has 2 heteroatoms. The van der Waals surface area contributed by atoms with E-state index in [1.54, 1.807) is 0 Å². The van der Waals surface area contributed by atoms with Gasteiger partial charge in [0.2, 0.25) is 0 Å². The molecule has 0 aliphatic carbocycles. The van der Waals surface area contributed by atoms with E-state index in [4.69, 9.17) is 4.74 Å². The van der Waals surface area contributed by atoms with E-state index in [2.05, 4.69) is 91.1 Å². The first-order chi connectivity index (χ1) is 12.8. The van der Waals surface area contributed by atoms with Gasteiger partial charge in [-0.2, -0.15) is 0 Å². The third-order valence-electron chi connectivity index (χ3n) is 4.47. The molecule has 0 radical (unpaired) electrons. The van der Waals surface area contributed by atoms with Crippen LogP contribution in [0.15, 0.2) is 91.0 Å². The molecule has 0 heterocycles. The molecule has 2 nitrogen and oxygen atoms in total. The molecular formula is C24H27NO. The van der Waals surface area contributed by atoms with E-state index in [0.717, 1.165) is 13.0 Å². The van der Waals surface area contributed by atoms with Gasteiger partial charge in [0.05, 0.1) is 6.61 Å². The van der Waals surface area contributed by atoms with Crippen molar-refractivity contribution in [2.75, 3.05) is 13.2 Å². The maximum Gasteiger partial charge on any atom is 0.108 e. The van der Waals surface area contributed by atoms with E-state index >= 15 is 0 Å². The van der Waals surface area contributed by atoms with Crippen LogP contribution in [0.25, 0.3) is 0 Å². The molecule has 3 aromatic carbocycles. The molecule has 0 amide bonds. The SMILES string of the molecule is CC(Cc1ccccc1)NCCOC(c1ccccc1)c1ccccc1. The fourth-order valence-electron chi connectivity index (χ4n) is 3.16. The average molecular weight is 345 g/mol. The van der Waals surface area contributed by atoms with E-state index in [-0.39, 0.29) is 6.10 Å². The first-order valence-corrected chi connectivity index (χ1v) is 9.32. The minimum absolute atomic E-state index is 0.0244. The Morgan fingerprint density at radius 1 is 0.731 bits per heavy atom. The Kier molecular flexibility index (Phi) is 7.00. The van der Waals surface area contributed by atoms with Crippen molar-refractivity contribution >= 4 is 0 Å². The predicted molar refractivity (Wildman–Crippen MR) is 108 cm³/mol. The zero-order chi connectivity index (χ0) is 18.0. The Morgan fingerprint density at radius 2 is 1.23 bits per heavy atom. The van der Waals surface area contributed by atoms with Gasteiger partial charge in [-0.1, -0.05) is 91.0 Å². The van der Waals surface area contributed by atoms with Gasteiger partial charge in [-0.3, -0.25) is 0 Å². The van der Waals surface area contributed by atoms with Crippen molar-refractivity contribution < 1.29 is 4.74 Å². The van der Waals surface area contributed by atoms with Gasteiger partial charge in [0, 0.05) is 12.6 Å². The van der Waals surface area contributed by atoms with Gasteiger partial charge < -0.3 is 10.1 Å². The average Bonchev–Trinajstić information content (AvgIpc) is 2.70. The summed E-state index contributed by atoms with van der Waals surface area (Å²) in [5.41, 5.74) is 3.74. The molecule has 1 N–H and O–H groups in total. The molecule has 26 heavy (non-hydrogen) atoms. The smallest absolute Gasteiger partial charge is 0.108 e. The lowest BCUT2D eigenvalue weighted by Crippen LogP contribution is -2.31. The fraction of sp³-hybridized carbons (Fsp3) is 0.250. The van der Waals surface area contributed by atoms with Crippen molar-refractivity contribution in [2.24, 2.45) is 0 Å². The molecule has 1 atom stereocenters. The van der Waals surface area contributed by atoms with Crippen LogP contribution < -0.4 is 5.32 Å². The molecule has 0 aromatic heterocycles. The van der Waals surface area contributed by atoms with Crippen LogP contribution in [0.1, 0.15) is 29.7 Å². The van der Waals surface area contributed by atoms with E-state index in [1.807, 2.05) is 12.1 Å². The second-order valence-corrected chi connectivity index (χ2v) is 6.62. The number of benzene rings is 3. The van der Waals surface area contributed by atoms with Gasteiger partial charge in [-0.25, -0.2) is 0 Å². The van der Waals surface area contributed by atoms with Crippen molar-refractivity contribution in [2.45, 2.75) is 25.5 Å². The van der Waals surface area contributed by atoms with Gasteiger partial charge >= 0.3 is 0 Å². The Labute approximate surface area is 156 Å². The molecule has 3 aromatic rings. The molecule has 0 fully saturated rings. The van der Waals surface area contributed by atoms with Crippen molar-refractivity contribution in [1.82, 2.24) is 5.32 Å². The molecule has 3 rings (SSSR count). The first-order valence-electron chi connectivity index (χ1n) is 9.32. The Morgan fingerprint density at radius 3 is 1.77 bits per heavy atom. The summed E-state index contributed by atoms with van der Waals surface area (Å²) in [6.07, 6.45) is 1.00. The van der Waals surface area contributed by atoms with E-state index in [1.165, 1.54) is 16.7 Å². The molecule has 1 unspecified atom stereocenters. The Hall–Kier alpha value is -2.42. The molecular weight excluding hydrogens is 318 g/mol. The van der Waals surface area contributed by atoms with Gasteiger partial charge in [0.25, 0.3) is 0 Å². The van der Waals surface area contributed by atoms with Crippen molar-refractivity contribution in [1.29, 1.82) is 0 Å². The molecule has 0 spiro atoms. The highest BCUT2D eigenvalue weighted by atomic mass is 16.5. The van der Waals surface area contributed by atoms with Crippen LogP contribution in [0.2, 0.25) is 0 Å². The Balaban J connectivity index is 1.52. The summed E-state index contributed by atoms with van der Waals surface area (Å²) in [5, 5.41) is 3.56. The van der Waals surface area contributed by atoms with Crippen LogP contribution in [0.5, 0.6) is 0 Å². The summed E-state index contributed by atoms with van der Waals surface area (Å²) in [7, 11) is 0. The summed E-state index contributed by atoms with van der Waals surface area (Å²) in [6, 6.07) is 31.9. The maximum absolute atomic E-state index is 6.25. The third-order valence-corrected chi connectivity index (χ3v) is 4.47. The third kappa shape index (κ3) is 5.55. The monoisotopic (exact) mass is 345 g/mol. The lowest BCUT2D eigenvalue weighted by molar-refractivity contribution is 0.0808. The maximum atomic E-state index is 6.25. The number of hydrogen-bond donors (Lipinski definition) is 1. The van der Waals surface area contributed by atoms with Gasteiger partial charge in [-0.15, -0.1) is 0 Å². The number of hydrogen-bond acceptors (Lipinski definition) is 2. The normalized spacial score (nSPS) is 12.2. The van der Waals surface area contributed by atoms with Crippen molar-refractivity contribution in [3.8, 4) is 0 Å². The first kappa shape index (κ1) is 18.4. The fourth-order valence-corrected chi connectivity index (χ4v) is 3.16. The molecule has 0 aliphatic heterocycles. The predicted octanol–water partition coefficient (Wildman–Crippen LogP) is 5.01.